The molecule has 2 rings (SSSR count). The van der Waals surface area contributed by atoms with Crippen molar-refractivity contribution in [3.05, 3.63) is 29.3 Å². The Morgan fingerprint density at radius 3 is 2.87 bits per heavy atom. The highest BCUT2D eigenvalue weighted by molar-refractivity contribution is 7.92. The first kappa shape index (κ1) is 10.7. The maximum Gasteiger partial charge on any atom is 0.259 e. The molecule has 1 aliphatic rings. The molecule has 15 heavy (non-hydrogen) atoms. The van der Waals surface area contributed by atoms with Gasteiger partial charge in [0, 0.05) is 5.02 Å². The summed E-state index contributed by atoms with van der Waals surface area (Å²) in [6.45, 7) is 0.744. The summed E-state index contributed by atoms with van der Waals surface area (Å²) in [5.74, 6) is -0.264. The van der Waals surface area contributed by atoms with E-state index in [1.807, 2.05) is 0 Å². The molecular formula is C9H10ClNO3S. The largest absolute Gasteiger partial charge is 0.362 e. The summed E-state index contributed by atoms with van der Waals surface area (Å²) in [7, 11) is -3.34. The van der Waals surface area contributed by atoms with Gasteiger partial charge in [-0.15, -0.1) is 0 Å². The number of rotatable bonds is 1. The molecule has 4 nitrogen and oxygen atoms in total. The molecule has 0 aromatic heterocycles. The molecule has 0 atom stereocenters. The van der Waals surface area contributed by atoms with Crippen LogP contribution in [0.4, 0.5) is 5.69 Å². The second kappa shape index (κ2) is 4.00. The zero-order valence-electron chi connectivity index (χ0n) is 7.89. The van der Waals surface area contributed by atoms with E-state index in [9.17, 15) is 8.42 Å². The molecule has 0 amide bonds. The minimum absolute atomic E-state index is 0.264. The Labute approximate surface area is 93.5 Å². The van der Waals surface area contributed by atoms with Crippen molar-refractivity contribution in [1.29, 1.82) is 0 Å². The standard InChI is InChI=1S/C9H10ClNO3S/c10-8-2-1-3-9(6-8)11-4-5-14-7-15(11,12)13/h1-3,6H,4-5,7H2. The first-order chi connectivity index (χ1) is 7.09. The predicted molar refractivity (Wildman–Crippen MR) is 58.5 cm³/mol. The van der Waals surface area contributed by atoms with Gasteiger partial charge in [0.2, 0.25) is 0 Å². The Balaban J connectivity index is 2.37. The van der Waals surface area contributed by atoms with Crippen molar-refractivity contribution in [2.45, 2.75) is 0 Å². The van der Waals surface area contributed by atoms with Crippen molar-refractivity contribution in [1.82, 2.24) is 0 Å². The molecule has 1 heterocycles. The fraction of sp³-hybridized carbons (Fsp3) is 0.333. The van der Waals surface area contributed by atoms with Crippen LogP contribution in [0.25, 0.3) is 0 Å². The molecule has 0 saturated carbocycles. The van der Waals surface area contributed by atoms with E-state index in [1.165, 1.54) is 4.31 Å². The molecule has 6 heteroatoms. The molecule has 0 spiro atoms. The Hall–Kier alpha value is -0.780. The molecule has 1 fully saturated rings. The topological polar surface area (TPSA) is 46.6 Å². The summed E-state index contributed by atoms with van der Waals surface area (Å²) in [6, 6.07) is 6.78. The summed E-state index contributed by atoms with van der Waals surface area (Å²) in [5, 5.41) is 0.522. The average Bonchev–Trinajstić information content (AvgIpc) is 2.17. The molecule has 1 aliphatic heterocycles. The minimum Gasteiger partial charge on any atom is -0.362 e. The molecular weight excluding hydrogens is 238 g/mol. The van der Waals surface area contributed by atoms with Crippen molar-refractivity contribution in [2.24, 2.45) is 0 Å². The van der Waals surface area contributed by atoms with Crippen LogP contribution in [0.2, 0.25) is 5.02 Å². The summed E-state index contributed by atoms with van der Waals surface area (Å²) in [6.07, 6.45) is 0. The van der Waals surface area contributed by atoms with E-state index < -0.39 is 10.0 Å². The van der Waals surface area contributed by atoms with Crippen molar-refractivity contribution in [3.8, 4) is 0 Å². The van der Waals surface area contributed by atoms with Gasteiger partial charge in [0.15, 0.2) is 5.94 Å². The zero-order chi connectivity index (χ0) is 10.9. The quantitative estimate of drug-likeness (QED) is 0.755. The maximum atomic E-state index is 11.7. The van der Waals surface area contributed by atoms with Gasteiger partial charge in [-0.3, -0.25) is 4.31 Å². The highest BCUT2D eigenvalue weighted by atomic mass is 35.5. The van der Waals surface area contributed by atoms with E-state index in [1.54, 1.807) is 24.3 Å². The van der Waals surface area contributed by atoms with E-state index >= 15 is 0 Å². The van der Waals surface area contributed by atoms with Gasteiger partial charge in [-0.1, -0.05) is 17.7 Å². The number of anilines is 1. The third-order valence-electron chi connectivity index (χ3n) is 2.10. The van der Waals surface area contributed by atoms with E-state index in [4.69, 9.17) is 16.3 Å². The summed E-state index contributed by atoms with van der Waals surface area (Å²) in [4.78, 5) is 0. The molecule has 82 valence electrons. The van der Waals surface area contributed by atoms with E-state index in [0.29, 0.717) is 23.9 Å². The lowest BCUT2D eigenvalue weighted by Crippen LogP contribution is -2.41. The SMILES string of the molecule is O=S1(=O)COCCN1c1cccc(Cl)c1. The van der Waals surface area contributed by atoms with Crippen molar-refractivity contribution >= 4 is 27.3 Å². The number of hydrogen-bond donors (Lipinski definition) is 0. The number of benzene rings is 1. The first-order valence-corrected chi connectivity index (χ1v) is 6.42. The Morgan fingerprint density at radius 1 is 1.40 bits per heavy atom. The monoisotopic (exact) mass is 247 g/mol. The van der Waals surface area contributed by atoms with E-state index in [-0.39, 0.29) is 5.94 Å². The maximum absolute atomic E-state index is 11.7. The Bertz CT molecular complexity index is 460. The third kappa shape index (κ3) is 2.25. The van der Waals surface area contributed by atoms with Gasteiger partial charge in [-0.2, -0.15) is 0 Å². The lowest BCUT2D eigenvalue weighted by atomic mass is 10.3. The third-order valence-corrected chi connectivity index (χ3v) is 3.87. The van der Waals surface area contributed by atoms with Crippen LogP contribution in [0.1, 0.15) is 0 Å². The van der Waals surface area contributed by atoms with Gasteiger partial charge in [0.1, 0.15) is 0 Å². The van der Waals surface area contributed by atoms with Gasteiger partial charge in [-0.25, -0.2) is 8.42 Å². The first-order valence-electron chi connectivity index (χ1n) is 4.43. The molecule has 0 unspecified atom stereocenters. The molecule has 0 bridgehead atoms. The zero-order valence-corrected chi connectivity index (χ0v) is 9.46. The predicted octanol–water partition coefficient (Wildman–Crippen LogP) is 1.46. The van der Waals surface area contributed by atoms with E-state index in [2.05, 4.69) is 0 Å². The highest BCUT2D eigenvalue weighted by Gasteiger charge is 2.26. The van der Waals surface area contributed by atoms with Crippen LogP contribution in [0.5, 0.6) is 0 Å². The fourth-order valence-electron chi connectivity index (χ4n) is 1.44. The van der Waals surface area contributed by atoms with Gasteiger partial charge in [0.05, 0.1) is 18.8 Å². The number of ether oxygens (including phenoxy) is 1. The smallest absolute Gasteiger partial charge is 0.259 e. The van der Waals surface area contributed by atoms with Crippen LogP contribution in [0, 0.1) is 0 Å². The lowest BCUT2D eigenvalue weighted by Gasteiger charge is -2.28. The van der Waals surface area contributed by atoms with E-state index in [0.717, 1.165) is 0 Å². The molecule has 0 N–H and O–H groups in total. The number of sulfonamides is 1. The van der Waals surface area contributed by atoms with Crippen molar-refractivity contribution in [2.75, 3.05) is 23.4 Å². The second-order valence-electron chi connectivity index (χ2n) is 3.19. The van der Waals surface area contributed by atoms with Gasteiger partial charge in [-0.05, 0) is 18.2 Å². The number of halogens is 1. The van der Waals surface area contributed by atoms with Crippen LogP contribution in [0.3, 0.4) is 0 Å². The van der Waals surface area contributed by atoms with Crippen LogP contribution in [-0.4, -0.2) is 27.5 Å². The molecule has 0 radical (unpaired) electrons. The molecule has 1 aromatic carbocycles. The van der Waals surface area contributed by atoms with Crippen molar-refractivity contribution < 1.29 is 13.2 Å². The van der Waals surface area contributed by atoms with Crippen LogP contribution < -0.4 is 4.31 Å². The normalized spacial score (nSPS) is 20.2. The minimum atomic E-state index is -3.34. The van der Waals surface area contributed by atoms with Crippen LogP contribution >= 0.6 is 11.6 Å². The molecule has 1 aromatic rings. The van der Waals surface area contributed by atoms with Gasteiger partial charge < -0.3 is 4.74 Å². The summed E-state index contributed by atoms with van der Waals surface area (Å²) < 4.78 is 29.5. The number of hydrogen-bond acceptors (Lipinski definition) is 3. The summed E-state index contributed by atoms with van der Waals surface area (Å²) >= 11 is 5.80. The summed E-state index contributed by atoms with van der Waals surface area (Å²) in [5.41, 5.74) is 0.589. The lowest BCUT2D eigenvalue weighted by molar-refractivity contribution is 0.175. The molecule has 1 saturated heterocycles. The number of nitrogens with zero attached hydrogens (tertiary/aromatic N) is 1. The van der Waals surface area contributed by atoms with Crippen molar-refractivity contribution in [3.63, 3.8) is 0 Å². The molecule has 0 aliphatic carbocycles. The van der Waals surface area contributed by atoms with Gasteiger partial charge in [0.25, 0.3) is 10.0 Å². The Kier molecular flexibility index (Phi) is 2.86. The second-order valence-corrected chi connectivity index (χ2v) is 5.47. The highest BCUT2D eigenvalue weighted by Crippen LogP contribution is 2.23. The fourth-order valence-corrected chi connectivity index (χ4v) is 2.86. The van der Waals surface area contributed by atoms with Gasteiger partial charge >= 0.3 is 0 Å². The van der Waals surface area contributed by atoms with Crippen LogP contribution in [-0.2, 0) is 14.8 Å². The Morgan fingerprint density at radius 2 is 2.20 bits per heavy atom. The van der Waals surface area contributed by atoms with Crippen LogP contribution in [0.15, 0.2) is 24.3 Å². The average molecular weight is 248 g/mol.